The van der Waals surface area contributed by atoms with Gasteiger partial charge in [-0.15, -0.1) is 0 Å². The number of halogens is 1. The predicted molar refractivity (Wildman–Crippen MR) is 73.3 cm³/mol. The van der Waals surface area contributed by atoms with Crippen LogP contribution in [-0.2, 0) is 4.79 Å². The highest BCUT2D eigenvalue weighted by atomic mass is 35.5. The Hall–Kier alpha value is -1.06. The van der Waals surface area contributed by atoms with Crippen LogP contribution in [0.3, 0.4) is 0 Å². The Labute approximate surface area is 113 Å². The molecule has 3 N–H and O–H groups in total. The standard InChI is InChI=1S/C14H19ClN2O/c15-12-6-4-11(5-7-12)14(10-2-1-3-10)17-13(18)8-9-16/h4-7,10,14H,1-3,8-9,16H2,(H,17,18). The molecule has 3 nitrogen and oxygen atoms in total. The monoisotopic (exact) mass is 266 g/mol. The first-order valence-electron chi connectivity index (χ1n) is 6.45. The number of hydrogen-bond acceptors (Lipinski definition) is 2. The molecule has 18 heavy (non-hydrogen) atoms. The topological polar surface area (TPSA) is 55.1 Å². The number of carbonyl (C=O) groups is 1. The van der Waals surface area contributed by atoms with Crippen LogP contribution in [0.5, 0.6) is 0 Å². The first-order chi connectivity index (χ1) is 8.70. The molecule has 4 heteroatoms. The summed E-state index contributed by atoms with van der Waals surface area (Å²) in [6.07, 6.45) is 3.99. The van der Waals surface area contributed by atoms with Crippen LogP contribution in [0.2, 0.25) is 5.02 Å². The summed E-state index contributed by atoms with van der Waals surface area (Å²) in [5.74, 6) is 0.581. The van der Waals surface area contributed by atoms with E-state index in [1.807, 2.05) is 24.3 Å². The molecule has 1 aromatic carbocycles. The van der Waals surface area contributed by atoms with E-state index in [0.29, 0.717) is 18.9 Å². The second-order valence-corrected chi connectivity index (χ2v) is 5.26. The Morgan fingerprint density at radius 3 is 2.56 bits per heavy atom. The van der Waals surface area contributed by atoms with Gasteiger partial charge in [-0.3, -0.25) is 4.79 Å². The lowest BCUT2D eigenvalue weighted by Gasteiger charge is -2.34. The van der Waals surface area contributed by atoms with Crippen molar-refractivity contribution in [2.75, 3.05) is 6.54 Å². The van der Waals surface area contributed by atoms with Crippen molar-refractivity contribution in [3.63, 3.8) is 0 Å². The van der Waals surface area contributed by atoms with E-state index >= 15 is 0 Å². The normalized spacial score (nSPS) is 17.0. The number of rotatable bonds is 5. The van der Waals surface area contributed by atoms with Crippen molar-refractivity contribution in [1.82, 2.24) is 5.32 Å². The molecule has 1 aliphatic carbocycles. The summed E-state index contributed by atoms with van der Waals surface area (Å²) in [7, 11) is 0. The average molecular weight is 267 g/mol. The van der Waals surface area contributed by atoms with Crippen LogP contribution < -0.4 is 11.1 Å². The fourth-order valence-corrected chi connectivity index (χ4v) is 2.42. The van der Waals surface area contributed by atoms with Crippen LogP contribution in [0, 0.1) is 5.92 Å². The Bertz CT molecular complexity index is 401. The van der Waals surface area contributed by atoms with E-state index in [-0.39, 0.29) is 11.9 Å². The fraction of sp³-hybridized carbons (Fsp3) is 0.500. The maximum atomic E-state index is 11.7. The summed E-state index contributed by atoms with van der Waals surface area (Å²) in [6, 6.07) is 7.84. The Morgan fingerprint density at radius 2 is 2.06 bits per heavy atom. The zero-order chi connectivity index (χ0) is 13.0. The minimum Gasteiger partial charge on any atom is -0.349 e. The molecule has 0 radical (unpaired) electrons. The van der Waals surface area contributed by atoms with E-state index < -0.39 is 0 Å². The molecule has 1 atom stereocenters. The van der Waals surface area contributed by atoms with Crippen LogP contribution in [0.1, 0.15) is 37.3 Å². The third kappa shape index (κ3) is 3.24. The van der Waals surface area contributed by atoms with Crippen molar-refractivity contribution in [3.8, 4) is 0 Å². The van der Waals surface area contributed by atoms with Gasteiger partial charge in [0.05, 0.1) is 6.04 Å². The van der Waals surface area contributed by atoms with Gasteiger partial charge in [0.2, 0.25) is 5.91 Å². The minimum absolute atomic E-state index is 0.0318. The van der Waals surface area contributed by atoms with E-state index in [4.69, 9.17) is 17.3 Å². The van der Waals surface area contributed by atoms with Crippen LogP contribution in [0.4, 0.5) is 0 Å². The zero-order valence-corrected chi connectivity index (χ0v) is 11.1. The summed E-state index contributed by atoms with van der Waals surface area (Å²) in [5, 5.41) is 3.82. The number of nitrogens with one attached hydrogen (secondary N) is 1. The van der Waals surface area contributed by atoms with Gasteiger partial charge in [-0.05, 0) is 36.5 Å². The van der Waals surface area contributed by atoms with Crippen molar-refractivity contribution in [1.29, 1.82) is 0 Å². The molecule has 2 rings (SSSR count). The van der Waals surface area contributed by atoms with E-state index in [2.05, 4.69) is 5.32 Å². The molecule has 0 aromatic heterocycles. The number of nitrogens with two attached hydrogens (primary N) is 1. The molecule has 1 fully saturated rings. The third-order valence-electron chi connectivity index (χ3n) is 3.54. The largest absolute Gasteiger partial charge is 0.349 e. The summed E-state index contributed by atoms with van der Waals surface area (Å²) >= 11 is 5.90. The summed E-state index contributed by atoms with van der Waals surface area (Å²) in [6.45, 7) is 0.393. The summed E-state index contributed by atoms with van der Waals surface area (Å²) in [4.78, 5) is 11.7. The lowest BCUT2D eigenvalue weighted by atomic mass is 9.77. The lowest BCUT2D eigenvalue weighted by molar-refractivity contribution is -0.122. The molecular formula is C14H19ClN2O. The van der Waals surface area contributed by atoms with Crippen molar-refractivity contribution in [2.24, 2.45) is 11.7 Å². The van der Waals surface area contributed by atoms with E-state index in [1.165, 1.54) is 19.3 Å². The maximum Gasteiger partial charge on any atom is 0.221 e. The van der Waals surface area contributed by atoms with Crippen LogP contribution >= 0.6 is 11.6 Å². The van der Waals surface area contributed by atoms with Gasteiger partial charge in [0.1, 0.15) is 0 Å². The summed E-state index contributed by atoms with van der Waals surface area (Å²) < 4.78 is 0. The smallest absolute Gasteiger partial charge is 0.221 e. The highest BCUT2D eigenvalue weighted by molar-refractivity contribution is 6.30. The fourth-order valence-electron chi connectivity index (χ4n) is 2.29. The molecule has 1 unspecified atom stereocenters. The van der Waals surface area contributed by atoms with Crippen molar-refractivity contribution >= 4 is 17.5 Å². The number of carbonyl (C=O) groups excluding carboxylic acids is 1. The molecule has 1 aromatic rings. The van der Waals surface area contributed by atoms with Crippen molar-refractivity contribution in [3.05, 3.63) is 34.9 Å². The van der Waals surface area contributed by atoms with Crippen LogP contribution in [0.25, 0.3) is 0 Å². The van der Waals surface area contributed by atoms with Gasteiger partial charge in [-0.2, -0.15) is 0 Å². The first-order valence-corrected chi connectivity index (χ1v) is 6.83. The molecule has 98 valence electrons. The van der Waals surface area contributed by atoms with Gasteiger partial charge in [-0.25, -0.2) is 0 Å². The second-order valence-electron chi connectivity index (χ2n) is 4.83. The van der Waals surface area contributed by atoms with Crippen LogP contribution in [-0.4, -0.2) is 12.5 Å². The molecule has 0 heterocycles. The van der Waals surface area contributed by atoms with Gasteiger partial charge in [0.15, 0.2) is 0 Å². The molecule has 0 spiro atoms. The van der Waals surface area contributed by atoms with E-state index in [0.717, 1.165) is 10.6 Å². The Balaban J connectivity index is 2.09. The Kier molecular flexibility index (Phi) is 4.61. The molecule has 1 aliphatic rings. The molecular weight excluding hydrogens is 248 g/mol. The first kappa shape index (κ1) is 13.4. The molecule has 1 saturated carbocycles. The number of benzene rings is 1. The molecule has 0 aliphatic heterocycles. The van der Waals surface area contributed by atoms with Crippen molar-refractivity contribution < 1.29 is 4.79 Å². The number of amides is 1. The lowest BCUT2D eigenvalue weighted by Crippen LogP contribution is -2.36. The van der Waals surface area contributed by atoms with Crippen molar-refractivity contribution in [2.45, 2.75) is 31.7 Å². The predicted octanol–water partition coefficient (Wildman–Crippen LogP) is 2.65. The van der Waals surface area contributed by atoms with Gasteiger partial charge in [0.25, 0.3) is 0 Å². The zero-order valence-electron chi connectivity index (χ0n) is 10.4. The van der Waals surface area contributed by atoms with Gasteiger partial charge < -0.3 is 11.1 Å². The summed E-state index contributed by atoms with van der Waals surface area (Å²) in [5.41, 5.74) is 6.54. The Morgan fingerprint density at radius 1 is 1.39 bits per heavy atom. The molecule has 0 saturated heterocycles. The van der Waals surface area contributed by atoms with E-state index in [9.17, 15) is 4.79 Å². The SMILES string of the molecule is NCCC(=O)NC(c1ccc(Cl)cc1)C1CCC1. The third-order valence-corrected chi connectivity index (χ3v) is 3.79. The van der Waals surface area contributed by atoms with E-state index in [1.54, 1.807) is 0 Å². The highest BCUT2D eigenvalue weighted by Gasteiger charge is 2.29. The maximum absolute atomic E-state index is 11.7. The quantitative estimate of drug-likeness (QED) is 0.861. The number of hydrogen-bond donors (Lipinski definition) is 2. The molecule has 1 amide bonds. The highest BCUT2D eigenvalue weighted by Crippen LogP contribution is 2.37. The second kappa shape index (κ2) is 6.21. The minimum atomic E-state index is 0.0318. The average Bonchev–Trinajstić information content (AvgIpc) is 2.27. The molecule has 0 bridgehead atoms. The van der Waals surface area contributed by atoms with Gasteiger partial charge in [0, 0.05) is 18.0 Å². The van der Waals surface area contributed by atoms with Gasteiger partial charge >= 0.3 is 0 Å². The van der Waals surface area contributed by atoms with Gasteiger partial charge in [-0.1, -0.05) is 30.2 Å². The van der Waals surface area contributed by atoms with Crippen LogP contribution in [0.15, 0.2) is 24.3 Å².